The molecule has 0 spiro atoms. The third kappa shape index (κ3) is 5.59. The van der Waals surface area contributed by atoms with Gasteiger partial charge in [0.05, 0.1) is 18.9 Å². The van der Waals surface area contributed by atoms with E-state index in [0.717, 1.165) is 28.2 Å². The van der Waals surface area contributed by atoms with Gasteiger partial charge in [-0.1, -0.05) is 71.4 Å². The van der Waals surface area contributed by atoms with Crippen LogP contribution in [0.25, 0.3) is 0 Å². The van der Waals surface area contributed by atoms with E-state index in [2.05, 4.69) is 41.5 Å². The first-order valence-electron chi connectivity index (χ1n) is 12.1. The summed E-state index contributed by atoms with van der Waals surface area (Å²) in [5, 5.41) is 9.54. The molecule has 3 aromatic carbocycles. The van der Waals surface area contributed by atoms with Gasteiger partial charge in [0.1, 0.15) is 11.0 Å². The second-order valence-corrected chi connectivity index (χ2v) is 10.4. The summed E-state index contributed by atoms with van der Waals surface area (Å²) < 4.78 is 5.32. The van der Waals surface area contributed by atoms with E-state index in [9.17, 15) is 9.59 Å². The number of amides is 2. The molecule has 1 N–H and O–H groups in total. The predicted molar refractivity (Wildman–Crippen MR) is 148 cm³/mol. The largest absolute Gasteiger partial charge is 0.497 e. The smallest absolute Gasteiger partial charge is 0.262 e. The maximum atomic E-state index is 12.8. The summed E-state index contributed by atoms with van der Waals surface area (Å²) in [6.07, 6.45) is 0.710. The Hall–Kier alpha value is -3.91. The Morgan fingerprint density at radius 1 is 1.00 bits per heavy atom. The minimum absolute atomic E-state index is 0.0416. The second-order valence-electron chi connectivity index (χ2n) is 9.21. The number of nitrogens with zero attached hydrogens (tertiary/aromatic N) is 3. The molecule has 8 heteroatoms. The van der Waals surface area contributed by atoms with Crippen LogP contribution < -0.4 is 10.1 Å². The van der Waals surface area contributed by atoms with Crippen LogP contribution in [0.15, 0.2) is 82.9 Å². The van der Waals surface area contributed by atoms with Crippen LogP contribution in [0.4, 0.5) is 5.69 Å². The van der Waals surface area contributed by atoms with Crippen LogP contribution in [-0.2, 0) is 9.59 Å². The van der Waals surface area contributed by atoms with Gasteiger partial charge < -0.3 is 10.1 Å². The Morgan fingerprint density at radius 2 is 1.65 bits per heavy atom. The van der Waals surface area contributed by atoms with Crippen molar-refractivity contribution in [2.75, 3.05) is 12.4 Å². The third-order valence-electron chi connectivity index (χ3n) is 6.43. The molecule has 0 aromatic heterocycles. The zero-order valence-electron chi connectivity index (χ0n) is 21.0. The molecule has 2 aliphatic heterocycles. The van der Waals surface area contributed by atoms with Crippen molar-refractivity contribution < 1.29 is 14.3 Å². The number of methoxy groups -OCH3 is 1. The molecule has 2 amide bonds. The van der Waals surface area contributed by atoms with E-state index in [-0.39, 0.29) is 24.3 Å². The summed E-state index contributed by atoms with van der Waals surface area (Å²) in [7, 11) is 1.64. The van der Waals surface area contributed by atoms with Crippen molar-refractivity contribution in [3.8, 4) is 5.75 Å². The highest BCUT2D eigenvalue weighted by molar-refractivity contribution is 8.15. The average molecular weight is 513 g/mol. The lowest BCUT2D eigenvalue weighted by atomic mass is 9.98. The lowest BCUT2D eigenvalue weighted by Crippen LogP contribution is -2.25. The number of anilines is 1. The summed E-state index contributed by atoms with van der Waals surface area (Å²) in [5.41, 5.74) is 6.01. The number of aryl methyl sites for hydroxylation is 2. The fourth-order valence-electron chi connectivity index (χ4n) is 4.31. The molecule has 0 fully saturated rings. The molecular formula is C29H28N4O3S. The van der Waals surface area contributed by atoms with Gasteiger partial charge in [0.15, 0.2) is 5.17 Å². The van der Waals surface area contributed by atoms with E-state index < -0.39 is 5.25 Å². The third-order valence-corrected chi connectivity index (χ3v) is 7.57. The Labute approximate surface area is 220 Å². The van der Waals surface area contributed by atoms with Gasteiger partial charge >= 0.3 is 0 Å². The first-order chi connectivity index (χ1) is 17.9. The van der Waals surface area contributed by atoms with Crippen LogP contribution in [0.2, 0.25) is 0 Å². The van der Waals surface area contributed by atoms with Gasteiger partial charge in [-0.25, -0.2) is 5.01 Å². The van der Waals surface area contributed by atoms with Gasteiger partial charge in [0.25, 0.3) is 5.91 Å². The molecule has 2 aliphatic rings. The number of nitrogens with one attached hydrogen (secondary N) is 1. The first kappa shape index (κ1) is 24.8. The molecule has 188 valence electrons. The number of hydrogen-bond acceptors (Lipinski definition) is 6. The number of amidine groups is 1. The fourth-order valence-corrected chi connectivity index (χ4v) is 5.38. The molecule has 3 aromatic rings. The number of carbonyl (C=O) groups excluding carboxylic acids is 2. The standard InChI is InChI=1S/C29H28N4O3S/c1-18-4-8-20(9-5-18)24-16-25(21-10-14-23(36-3)15-11-21)33(32-24)29-31-28(35)26(37-29)17-27(34)30-22-12-6-19(2)7-13-22/h4-15,25-26H,16-17H2,1-3H3,(H,30,34)/t25-,26-/m0/s1. The number of carbonyl (C=O) groups is 2. The molecule has 37 heavy (non-hydrogen) atoms. The highest BCUT2D eigenvalue weighted by Crippen LogP contribution is 2.39. The van der Waals surface area contributed by atoms with Gasteiger partial charge in [0.2, 0.25) is 5.91 Å². The molecule has 0 bridgehead atoms. The predicted octanol–water partition coefficient (Wildman–Crippen LogP) is 5.49. The highest BCUT2D eigenvalue weighted by Gasteiger charge is 2.39. The van der Waals surface area contributed by atoms with E-state index >= 15 is 0 Å². The highest BCUT2D eigenvalue weighted by atomic mass is 32.2. The van der Waals surface area contributed by atoms with Gasteiger partial charge in [-0.2, -0.15) is 10.1 Å². The Balaban J connectivity index is 1.35. The van der Waals surface area contributed by atoms with Gasteiger partial charge in [-0.15, -0.1) is 0 Å². The van der Waals surface area contributed by atoms with Crippen molar-refractivity contribution in [1.82, 2.24) is 5.01 Å². The summed E-state index contributed by atoms with van der Waals surface area (Å²) >= 11 is 1.30. The Morgan fingerprint density at radius 3 is 2.30 bits per heavy atom. The van der Waals surface area contributed by atoms with Gasteiger partial charge in [0, 0.05) is 18.5 Å². The average Bonchev–Trinajstić information content (AvgIpc) is 3.50. The monoisotopic (exact) mass is 512 g/mol. The molecule has 0 saturated carbocycles. The number of thioether (sulfide) groups is 1. The molecule has 0 unspecified atom stereocenters. The van der Waals surface area contributed by atoms with E-state index in [0.29, 0.717) is 17.3 Å². The molecule has 2 heterocycles. The first-order valence-corrected chi connectivity index (χ1v) is 13.0. The van der Waals surface area contributed by atoms with Crippen molar-refractivity contribution in [2.24, 2.45) is 10.1 Å². The molecular weight excluding hydrogens is 484 g/mol. The zero-order valence-corrected chi connectivity index (χ0v) is 21.8. The zero-order chi connectivity index (χ0) is 25.9. The lowest BCUT2D eigenvalue weighted by molar-refractivity contribution is -0.121. The molecule has 0 saturated heterocycles. The van der Waals surface area contributed by atoms with Crippen LogP contribution in [0.5, 0.6) is 5.75 Å². The van der Waals surface area contributed by atoms with Crippen molar-refractivity contribution in [3.63, 3.8) is 0 Å². The summed E-state index contributed by atoms with van der Waals surface area (Å²) in [4.78, 5) is 29.8. The number of aliphatic imine (C=N–C) groups is 1. The summed E-state index contributed by atoms with van der Waals surface area (Å²) in [6.45, 7) is 4.04. The number of rotatable bonds is 6. The fraction of sp³-hybridized carbons (Fsp3) is 0.241. The minimum Gasteiger partial charge on any atom is -0.497 e. The number of hydrogen-bond donors (Lipinski definition) is 1. The van der Waals surface area contributed by atoms with Crippen LogP contribution in [0.1, 0.15) is 41.1 Å². The van der Waals surface area contributed by atoms with Gasteiger partial charge in [-0.05, 0) is 49.2 Å². The van der Waals surface area contributed by atoms with Crippen LogP contribution >= 0.6 is 11.8 Å². The molecule has 7 nitrogen and oxygen atoms in total. The summed E-state index contributed by atoms with van der Waals surface area (Å²) in [6, 6.07) is 23.6. The number of benzene rings is 3. The normalized spacial score (nSPS) is 19.0. The lowest BCUT2D eigenvalue weighted by Gasteiger charge is -2.23. The van der Waals surface area contributed by atoms with Crippen LogP contribution in [0.3, 0.4) is 0 Å². The van der Waals surface area contributed by atoms with Crippen LogP contribution in [0, 0.1) is 13.8 Å². The minimum atomic E-state index is -0.587. The maximum Gasteiger partial charge on any atom is 0.262 e. The quantitative estimate of drug-likeness (QED) is 0.472. The molecule has 0 radical (unpaired) electrons. The maximum absolute atomic E-state index is 12.8. The van der Waals surface area contributed by atoms with Crippen molar-refractivity contribution in [3.05, 3.63) is 95.1 Å². The molecule has 2 atom stereocenters. The van der Waals surface area contributed by atoms with Crippen molar-refractivity contribution in [1.29, 1.82) is 0 Å². The number of hydrazone groups is 1. The van der Waals surface area contributed by atoms with E-state index in [1.165, 1.54) is 17.3 Å². The van der Waals surface area contributed by atoms with E-state index in [4.69, 9.17) is 9.84 Å². The Kier molecular flexibility index (Phi) is 7.10. The van der Waals surface area contributed by atoms with Crippen molar-refractivity contribution >= 4 is 40.1 Å². The van der Waals surface area contributed by atoms with E-state index in [1.54, 1.807) is 7.11 Å². The SMILES string of the molecule is COc1ccc([C@@H]2CC(c3ccc(C)cc3)=NN2C2=NC(=O)[C@H](CC(=O)Nc3ccc(C)cc3)S2)cc1. The number of ether oxygens (including phenoxy) is 1. The second kappa shape index (κ2) is 10.6. The topological polar surface area (TPSA) is 83.4 Å². The van der Waals surface area contributed by atoms with Gasteiger partial charge in [-0.3, -0.25) is 9.59 Å². The summed E-state index contributed by atoms with van der Waals surface area (Å²) in [5.74, 6) is 0.241. The molecule has 5 rings (SSSR count). The van der Waals surface area contributed by atoms with Crippen molar-refractivity contribution in [2.45, 2.75) is 38.0 Å². The Bertz CT molecular complexity index is 1370. The van der Waals surface area contributed by atoms with E-state index in [1.807, 2.05) is 60.5 Å². The molecule has 0 aliphatic carbocycles. The van der Waals surface area contributed by atoms with Crippen LogP contribution in [-0.4, -0.2) is 40.1 Å².